The number of hydrogen-bond donors (Lipinski definition) is 0. The lowest BCUT2D eigenvalue weighted by Gasteiger charge is -2.00. The topological polar surface area (TPSA) is 34.4 Å². The van der Waals surface area contributed by atoms with Crippen LogP contribution < -0.4 is 4.80 Å². The molecule has 1 amide bonds. The van der Waals surface area contributed by atoms with Crippen LogP contribution in [0, 0.1) is 6.92 Å². The highest BCUT2D eigenvalue weighted by Crippen LogP contribution is 2.28. The monoisotopic (exact) mass is 316 g/mol. The first-order valence-corrected chi connectivity index (χ1v) is 7.66. The Balaban J connectivity index is 2.20. The zero-order valence-electron chi connectivity index (χ0n) is 11.6. The number of aryl methyl sites for hydroxylation is 2. The molecule has 0 N–H and O–H groups in total. The third-order valence-electron chi connectivity index (χ3n) is 3.32. The standard InChI is InChI=1S/C16H13ClN2OS/c1-10-8-9-12(17)14-13(10)19(2)16(21-14)18-15(20)11-6-4-3-5-7-11/h3-9H,1-2H3. The summed E-state index contributed by atoms with van der Waals surface area (Å²) < 4.78 is 2.88. The quantitative estimate of drug-likeness (QED) is 0.669. The number of aromatic nitrogens is 1. The van der Waals surface area contributed by atoms with E-state index in [0.717, 1.165) is 15.8 Å². The van der Waals surface area contributed by atoms with E-state index in [1.807, 2.05) is 48.9 Å². The summed E-state index contributed by atoms with van der Waals surface area (Å²) in [5, 5.41) is 0.685. The van der Waals surface area contributed by atoms with Crippen LogP contribution in [-0.4, -0.2) is 10.5 Å². The molecule has 3 nitrogen and oxygen atoms in total. The van der Waals surface area contributed by atoms with Crippen molar-refractivity contribution in [2.45, 2.75) is 6.92 Å². The molecule has 0 fully saturated rings. The van der Waals surface area contributed by atoms with E-state index in [1.165, 1.54) is 11.3 Å². The summed E-state index contributed by atoms with van der Waals surface area (Å²) in [6.45, 7) is 2.02. The minimum absolute atomic E-state index is 0.244. The molecule has 5 heteroatoms. The molecule has 21 heavy (non-hydrogen) atoms. The number of thiazole rings is 1. The molecule has 0 saturated carbocycles. The van der Waals surface area contributed by atoms with Crippen LogP contribution in [0.4, 0.5) is 0 Å². The molecule has 0 radical (unpaired) electrons. The Morgan fingerprint density at radius 1 is 1.19 bits per heavy atom. The van der Waals surface area contributed by atoms with Gasteiger partial charge in [-0.25, -0.2) is 0 Å². The second-order valence-electron chi connectivity index (χ2n) is 4.77. The van der Waals surface area contributed by atoms with E-state index in [2.05, 4.69) is 4.99 Å². The van der Waals surface area contributed by atoms with Gasteiger partial charge in [0.25, 0.3) is 5.91 Å². The number of amides is 1. The van der Waals surface area contributed by atoms with Gasteiger partial charge in [-0.3, -0.25) is 4.79 Å². The van der Waals surface area contributed by atoms with E-state index in [0.29, 0.717) is 15.4 Å². The number of nitrogens with zero attached hydrogens (tertiary/aromatic N) is 2. The van der Waals surface area contributed by atoms with Gasteiger partial charge in [0.2, 0.25) is 0 Å². The Morgan fingerprint density at radius 2 is 1.90 bits per heavy atom. The number of rotatable bonds is 1. The Labute approximate surface area is 131 Å². The van der Waals surface area contributed by atoms with Crippen molar-refractivity contribution in [1.29, 1.82) is 0 Å². The SMILES string of the molecule is Cc1ccc(Cl)c2sc(=NC(=O)c3ccccc3)n(C)c12. The minimum Gasteiger partial charge on any atom is -0.319 e. The molecule has 3 rings (SSSR count). The predicted molar refractivity (Wildman–Crippen MR) is 86.9 cm³/mol. The molecule has 3 aromatic rings. The van der Waals surface area contributed by atoms with Gasteiger partial charge in [-0.2, -0.15) is 4.99 Å². The molecule has 0 aliphatic rings. The van der Waals surface area contributed by atoms with Crippen molar-refractivity contribution in [3.63, 3.8) is 0 Å². The molecule has 0 aliphatic carbocycles. The van der Waals surface area contributed by atoms with Crippen LogP contribution in [-0.2, 0) is 7.05 Å². The molecule has 0 saturated heterocycles. The van der Waals surface area contributed by atoms with Gasteiger partial charge >= 0.3 is 0 Å². The van der Waals surface area contributed by atoms with E-state index < -0.39 is 0 Å². The van der Waals surface area contributed by atoms with E-state index in [1.54, 1.807) is 12.1 Å². The van der Waals surface area contributed by atoms with Gasteiger partial charge in [0.1, 0.15) is 0 Å². The molecular weight excluding hydrogens is 304 g/mol. The zero-order chi connectivity index (χ0) is 15.0. The molecule has 2 aromatic carbocycles. The maximum absolute atomic E-state index is 12.2. The first kappa shape index (κ1) is 14.0. The van der Waals surface area contributed by atoms with Crippen molar-refractivity contribution in [3.8, 4) is 0 Å². The van der Waals surface area contributed by atoms with Crippen LogP contribution in [0.5, 0.6) is 0 Å². The Kier molecular flexibility index (Phi) is 3.66. The third kappa shape index (κ3) is 2.52. The van der Waals surface area contributed by atoms with Crippen LogP contribution in [0.2, 0.25) is 5.02 Å². The molecule has 1 aromatic heterocycles. The maximum atomic E-state index is 12.2. The fraction of sp³-hybridized carbons (Fsp3) is 0.125. The predicted octanol–water partition coefficient (Wildman–Crippen LogP) is 3.94. The first-order chi connectivity index (χ1) is 10.1. The van der Waals surface area contributed by atoms with Crippen molar-refractivity contribution >= 4 is 39.1 Å². The normalized spacial score (nSPS) is 12.0. The molecule has 0 aliphatic heterocycles. The van der Waals surface area contributed by atoms with Crippen molar-refractivity contribution in [2.24, 2.45) is 12.0 Å². The molecule has 0 atom stereocenters. The maximum Gasteiger partial charge on any atom is 0.279 e. The van der Waals surface area contributed by atoms with Crippen molar-refractivity contribution in [3.05, 3.63) is 63.4 Å². The van der Waals surface area contributed by atoms with Gasteiger partial charge < -0.3 is 4.57 Å². The highest BCUT2D eigenvalue weighted by atomic mass is 35.5. The van der Waals surface area contributed by atoms with Gasteiger partial charge in [0.05, 0.1) is 15.2 Å². The second kappa shape index (κ2) is 5.47. The van der Waals surface area contributed by atoms with Crippen LogP contribution >= 0.6 is 22.9 Å². The zero-order valence-corrected chi connectivity index (χ0v) is 13.2. The van der Waals surface area contributed by atoms with Crippen LogP contribution in [0.15, 0.2) is 47.5 Å². The Bertz CT molecular complexity index is 894. The number of benzene rings is 2. The molecule has 1 heterocycles. The number of hydrogen-bond acceptors (Lipinski definition) is 2. The third-order valence-corrected chi connectivity index (χ3v) is 4.91. The molecule has 106 valence electrons. The highest BCUT2D eigenvalue weighted by molar-refractivity contribution is 7.17. The van der Waals surface area contributed by atoms with E-state index >= 15 is 0 Å². The summed E-state index contributed by atoms with van der Waals surface area (Å²) in [4.78, 5) is 17.1. The summed E-state index contributed by atoms with van der Waals surface area (Å²) in [5.74, 6) is -0.244. The van der Waals surface area contributed by atoms with Crippen LogP contribution in [0.1, 0.15) is 15.9 Å². The molecule has 0 spiro atoms. The molecule has 0 unspecified atom stereocenters. The average molecular weight is 317 g/mol. The fourth-order valence-electron chi connectivity index (χ4n) is 2.24. The van der Waals surface area contributed by atoms with Gasteiger partial charge in [-0.15, -0.1) is 0 Å². The van der Waals surface area contributed by atoms with Gasteiger partial charge in [-0.05, 0) is 30.7 Å². The fourth-order valence-corrected chi connectivity index (χ4v) is 3.61. The van der Waals surface area contributed by atoms with E-state index in [-0.39, 0.29) is 5.91 Å². The van der Waals surface area contributed by atoms with Gasteiger partial charge in [0.15, 0.2) is 4.80 Å². The second-order valence-corrected chi connectivity index (χ2v) is 6.15. The average Bonchev–Trinajstić information content (AvgIpc) is 2.82. The van der Waals surface area contributed by atoms with Crippen molar-refractivity contribution in [1.82, 2.24) is 4.57 Å². The van der Waals surface area contributed by atoms with E-state index in [9.17, 15) is 4.79 Å². The van der Waals surface area contributed by atoms with Crippen molar-refractivity contribution in [2.75, 3.05) is 0 Å². The van der Waals surface area contributed by atoms with Gasteiger partial charge in [-0.1, -0.05) is 47.2 Å². The van der Waals surface area contributed by atoms with Crippen LogP contribution in [0.3, 0.4) is 0 Å². The lowest BCUT2D eigenvalue weighted by atomic mass is 10.2. The smallest absolute Gasteiger partial charge is 0.279 e. The lowest BCUT2D eigenvalue weighted by Crippen LogP contribution is -2.13. The highest BCUT2D eigenvalue weighted by Gasteiger charge is 2.10. The van der Waals surface area contributed by atoms with Gasteiger partial charge in [0, 0.05) is 12.6 Å². The number of fused-ring (bicyclic) bond motifs is 1. The largest absolute Gasteiger partial charge is 0.319 e. The Morgan fingerprint density at radius 3 is 2.57 bits per heavy atom. The van der Waals surface area contributed by atoms with E-state index in [4.69, 9.17) is 11.6 Å². The number of carbonyl (C=O) groups excluding carboxylic acids is 1. The number of halogens is 1. The lowest BCUT2D eigenvalue weighted by molar-refractivity contribution is 0.0998. The summed E-state index contributed by atoms with van der Waals surface area (Å²) in [5.41, 5.74) is 2.71. The molecular formula is C16H13ClN2OS. The van der Waals surface area contributed by atoms with Crippen LogP contribution in [0.25, 0.3) is 10.2 Å². The summed E-state index contributed by atoms with van der Waals surface area (Å²) in [6.07, 6.45) is 0. The first-order valence-electron chi connectivity index (χ1n) is 6.46. The summed E-state index contributed by atoms with van der Waals surface area (Å²) in [6, 6.07) is 12.9. The minimum atomic E-state index is -0.244. The Hall–Kier alpha value is -1.91. The van der Waals surface area contributed by atoms with Crippen molar-refractivity contribution < 1.29 is 4.79 Å². The summed E-state index contributed by atoms with van der Waals surface area (Å²) in [7, 11) is 1.90. The molecule has 0 bridgehead atoms. The summed E-state index contributed by atoms with van der Waals surface area (Å²) >= 11 is 7.67. The number of carbonyl (C=O) groups is 1.